The molecule has 0 heterocycles. The minimum Gasteiger partial charge on any atom is -0.479 e. The van der Waals surface area contributed by atoms with Crippen molar-refractivity contribution >= 4 is 11.9 Å². The second-order valence-corrected chi connectivity index (χ2v) is 2.68. The molecule has 76 valence electrons. The van der Waals surface area contributed by atoms with E-state index in [2.05, 4.69) is 10.1 Å². The summed E-state index contributed by atoms with van der Waals surface area (Å²) >= 11 is 0. The number of hydrogen-bond acceptors (Lipinski definition) is 4. The average molecular weight is 189 g/mol. The molecule has 0 saturated heterocycles. The summed E-state index contributed by atoms with van der Waals surface area (Å²) in [6.07, 6.45) is 0.913. The van der Waals surface area contributed by atoms with Crippen LogP contribution >= 0.6 is 0 Å². The molecule has 0 saturated carbocycles. The minimum atomic E-state index is -1.14. The monoisotopic (exact) mass is 189 g/mol. The normalized spacial score (nSPS) is 12.2. The van der Waals surface area contributed by atoms with Crippen LogP contribution in [0.1, 0.15) is 20.3 Å². The number of nitrogens with one attached hydrogen (secondary N) is 1. The third kappa shape index (κ3) is 6.10. The van der Waals surface area contributed by atoms with Crippen molar-refractivity contribution in [1.29, 1.82) is 0 Å². The highest BCUT2D eigenvalue weighted by atomic mass is 16.6. The molecule has 0 aromatic heterocycles. The van der Waals surface area contributed by atoms with Crippen molar-refractivity contribution in [3.05, 3.63) is 0 Å². The zero-order valence-corrected chi connectivity index (χ0v) is 7.87. The fourth-order valence-electron chi connectivity index (χ4n) is 0.702. The van der Waals surface area contributed by atoms with E-state index in [1.165, 1.54) is 0 Å². The number of carbonyl (C=O) groups excluding carboxylic acids is 1. The van der Waals surface area contributed by atoms with Gasteiger partial charge in [-0.05, 0) is 19.9 Å². The molecule has 0 aromatic carbocycles. The Morgan fingerprint density at radius 2 is 2.15 bits per heavy atom. The zero-order valence-electron chi connectivity index (χ0n) is 7.87. The number of carboxylic acid groups (broad SMARTS) is 1. The maximum Gasteiger partial charge on any atom is 0.341 e. The van der Waals surface area contributed by atoms with Gasteiger partial charge in [-0.3, -0.25) is 4.79 Å². The molecule has 0 aliphatic rings. The van der Waals surface area contributed by atoms with Gasteiger partial charge in [0.25, 0.3) is 0 Å². The number of hydrogen-bond donors (Lipinski definition) is 2. The maximum atomic E-state index is 11.0. The summed E-state index contributed by atoms with van der Waals surface area (Å²) in [4.78, 5) is 21.0. The Kier molecular flexibility index (Phi) is 5.88. The van der Waals surface area contributed by atoms with E-state index in [0.717, 1.165) is 6.42 Å². The van der Waals surface area contributed by atoms with Crippen LogP contribution in [0.3, 0.4) is 0 Å². The predicted octanol–water partition coefficient (Wildman–Crippen LogP) is 0.00230. The molecule has 0 amide bonds. The first-order chi connectivity index (χ1) is 6.07. The van der Waals surface area contributed by atoms with Crippen LogP contribution in [0.5, 0.6) is 0 Å². The van der Waals surface area contributed by atoms with E-state index in [4.69, 9.17) is 5.11 Å². The number of rotatable bonds is 6. The lowest BCUT2D eigenvalue weighted by molar-refractivity contribution is -0.156. The molecule has 2 N–H and O–H groups in total. The van der Waals surface area contributed by atoms with E-state index in [9.17, 15) is 9.59 Å². The number of ether oxygens (including phenoxy) is 1. The minimum absolute atomic E-state index is 0.445. The van der Waals surface area contributed by atoms with Gasteiger partial charge in [-0.2, -0.15) is 0 Å². The van der Waals surface area contributed by atoms with Gasteiger partial charge in [-0.1, -0.05) is 6.92 Å². The molecule has 0 unspecified atom stereocenters. The zero-order chi connectivity index (χ0) is 10.3. The molecule has 0 aliphatic carbocycles. The molecule has 13 heavy (non-hydrogen) atoms. The van der Waals surface area contributed by atoms with Crippen molar-refractivity contribution in [2.75, 3.05) is 13.2 Å². The van der Waals surface area contributed by atoms with Gasteiger partial charge in [-0.15, -0.1) is 0 Å². The maximum absolute atomic E-state index is 11.0. The van der Waals surface area contributed by atoms with E-state index in [1.807, 2.05) is 6.92 Å². The molecule has 0 spiro atoms. The number of aliphatic carboxylic acids is 1. The van der Waals surface area contributed by atoms with Gasteiger partial charge in [0.15, 0.2) is 6.61 Å². The standard InChI is InChI=1S/C8H15NO4/c1-3-4-9-6(2)8(12)13-5-7(10)11/h6,9H,3-5H2,1-2H3,(H,10,11)/t6-/m0/s1. The fraction of sp³-hybridized carbons (Fsp3) is 0.750. The van der Waals surface area contributed by atoms with Crippen molar-refractivity contribution < 1.29 is 19.4 Å². The Bertz CT molecular complexity index is 181. The molecular weight excluding hydrogens is 174 g/mol. The first kappa shape index (κ1) is 11.9. The smallest absolute Gasteiger partial charge is 0.341 e. The highest BCUT2D eigenvalue weighted by Crippen LogP contribution is 1.88. The van der Waals surface area contributed by atoms with Crippen LogP contribution in [-0.4, -0.2) is 36.2 Å². The van der Waals surface area contributed by atoms with Crippen LogP contribution in [0.25, 0.3) is 0 Å². The van der Waals surface area contributed by atoms with Gasteiger partial charge < -0.3 is 15.2 Å². The summed E-state index contributed by atoms with van der Waals surface area (Å²) in [5, 5.41) is 11.1. The highest BCUT2D eigenvalue weighted by Gasteiger charge is 2.13. The van der Waals surface area contributed by atoms with E-state index >= 15 is 0 Å². The molecule has 1 atom stereocenters. The van der Waals surface area contributed by atoms with E-state index in [0.29, 0.717) is 6.54 Å². The Morgan fingerprint density at radius 1 is 1.54 bits per heavy atom. The van der Waals surface area contributed by atoms with Gasteiger partial charge in [0.1, 0.15) is 6.04 Å². The molecule has 0 bridgehead atoms. The van der Waals surface area contributed by atoms with E-state index in [1.54, 1.807) is 6.92 Å². The summed E-state index contributed by atoms with van der Waals surface area (Å²) in [6.45, 7) is 3.75. The lowest BCUT2D eigenvalue weighted by Crippen LogP contribution is -2.36. The average Bonchev–Trinajstić information content (AvgIpc) is 2.10. The van der Waals surface area contributed by atoms with Crippen molar-refractivity contribution in [1.82, 2.24) is 5.32 Å². The quantitative estimate of drug-likeness (QED) is 0.575. The summed E-state index contributed by atoms with van der Waals surface area (Å²) in [7, 11) is 0. The SMILES string of the molecule is CCCN[C@@H](C)C(=O)OCC(=O)O. The molecule has 0 aromatic rings. The molecule has 0 rings (SSSR count). The van der Waals surface area contributed by atoms with Crippen LogP contribution in [-0.2, 0) is 14.3 Å². The fourth-order valence-corrected chi connectivity index (χ4v) is 0.702. The second kappa shape index (κ2) is 6.42. The van der Waals surface area contributed by atoms with Crippen LogP contribution in [0.2, 0.25) is 0 Å². The number of esters is 1. The summed E-state index contributed by atoms with van der Waals surface area (Å²) in [5.41, 5.74) is 0. The first-order valence-corrected chi connectivity index (χ1v) is 4.19. The summed E-state index contributed by atoms with van der Waals surface area (Å²) < 4.78 is 4.46. The topological polar surface area (TPSA) is 75.6 Å². The summed E-state index contributed by atoms with van der Waals surface area (Å²) in [6, 6.07) is -0.445. The molecule has 5 nitrogen and oxygen atoms in total. The molecular formula is C8H15NO4. The second-order valence-electron chi connectivity index (χ2n) is 2.68. The largest absolute Gasteiger partial charge is 0.479 e. The predicted molar refractivity (Wildman–Crippen MR) is 46.4 cm³/mol. The molecule has 0 radical (unpaired) electrons. The number of carboxylic acids is 1. The van der Waals surface area contributed by atoms with Gasteiger partial charge in [-0.25, -0.2) is 4.79 Å². The van der Waals surface area contributed by atoms with Crippen LogP contribution in [0, 0.1) is 0 Å². The van der Waals surface area contributed by atoms with Crippen molar-refractivity contribution in [3.8, 4) is 0 Å². The van der Waals surface area contributed by atoms with Crippen molar-refractivity contribution in [3.63, 3.8) is 0 Å². The molecule has 0 aliphatic heterocycles. The number of carbonyl (C=O) groups is 2. The Labute approximate surface area is 77.1 Å². The molecule has 0 fully saturated rings. The lowest BCUT2D eigenvalue weighted by Gasteiger charge is -2.10. The third-order valence-electron chi connectivity index (χ3n) is 1.39. The Balaban J connectivity index is 3.63. The van der Waals surface area contributed by atoms with Gasteiger partial charge in [0.2, 0.25) is 0 Å². The van der Waals surface area contributed by atoms with Crippen LogP contribution < -0.4 is 5.32 Å². The van der Waals surface area contributed by atoms with E-state index < -0.39 is 24.6 Å². The van der Waals surface area contributed by atoms with Crippen LogP contribution in [0.4, 0.5) is 0 Å². The third-order valence-corrected chi connectivity index (χ3v) is 1.39. The van der Waals surface area contributed by atoms with Gasteiger partial charge in [0, 0.05) is 0 Å². The molecule has 5 heteroatoms. The first-order valence-electron chi connectivity index (χ1n) is 4.19. The van der Waals surface area contributed by atoms with Gasteiger partial charge >= 0.3 is 11.9 Å². The van der Waals surface area contributed by atoms with E-state index in [-0.39, 0.29) is 0 Å². The van der Waals surface area contributed by atoms with Crippen LogP contribution in [0.15, 0.2) is 0 Å². The highest BCUT2D eigenvalue weighted by molar-refractivity contribution is 5.78. The van der Waals surface area contributed by atoms with Gasteiger partial charge in [0.05, 0.1) is 0 Å². The van der Waals surface area contributed by atoms with Crippen molar-refractivity contribution in [2.24, 2.45) is 0 Å². The Morgan fingerprint density at radius 3 is 2.62 bits per heavy atom. The Hall–Kier alpha value is -1.10. The van der Waals surface area contributed by atoms with Crippen molar-refractivity contribution in [2.45, 2.75) is 26.3 Å². The summed E-state index contributed by atoms with van der Waals surface area (Å²) in [5.74, 6) is -1.67. The lowest BCUT2D eigenvalue weighted by atomic mass is 10.3.